The van der Waals surface area contributed by atoms with E-state index >= 15 is 0 Å². The van der Waals surface area contributed by atoms with E-state index in [9.17, 15) is 19.1 Å². The Balaban J connectivity index is 1.87. The molecule has 29 heavy (non-hydrogen) atoms. The molecule has 3 aromatic carbocycles. The molecule has 1 amide bonds. The number of carbonyl (C=O) groups is 2. The largest absolute Gasteiger partial charge is 0.481 e. The highest BCUT2D eigenvalue weighted by atomic mass is 35.5. The quantitative estimate of drug-likeness (QED) is 0.656. The average molecular weight is 410 g/mol. The summed E-state index contributed by atoms with van der Waals surface area (Å²) < 4.78 is 13.5. The molecule has 0 saturated heterocycles. The van der Waals surface area contributed by atoms with Gasteiger partial charge >= 0.3 is 5.97 Å². The molecule has 0 radical (unpaired) electrons. The third-order valence-electron chi connectivity index (χ3n) is 5.18. The van der Waals surface area contributed by atoms with Crippen LogP contribution in [-0.2, 0) is 11.3 Å². The molecule has 1 aliphatic heterocycles. The van der Waals surface area contributed by atoms with Gasteiger partial charge < -0.3 is 10.0 Å². The lowest BCUT2D eigenvalue weighted by molar-refractivity contribution is -0.140. The number of hydrogen-bond acceptors (Lipinski definition) is 2. The molecule has 1 aliphatic rings. The first-order valence-electron chi connectivity index (χ1n) is 9.08. The fourth-order valence-electron chi connectivity index (χ4n) is 3.85. The van der Waals surface area contributed by atoms with Gasteiger partial charge in [0.1, 0.15) is 11.7 Å². The lowest BCUT2D eigenvalue weighted by Gasteiger charge is -2.41. The summed E-state index contributed by atoms with van der Waals surface area (Å²) in [6, 6.07) is 18.6. The summed E-state index contributed by atoms with van der Waals surface area (Å²) in [5, 5.41) is 10.6. The monoisotopic (exact) mass is 409 g/mol. The molecule has 1 N–H and O–H groups in total. The van der Waals surface area contributed by atoms with Gasteiger partial charge in [-0.2, -0.15) is 0 Å². The zero-order valence-corrected chi connectivity index (χ0v) is 16.0. The van der Waals surface area contributed by atoms with Crippen molar-refractivity contribution < 1.29 is 19.1 Å². The number of amides is 1. The Kier molecular flexibility index (Phi) is 5.07. The van der Waals surface area contributed by atoms with Gasteiger partial charge in [-0.1, -0.05) is 54.1 Å². The number of benzene rings is 3. The first-order chi connectivity index (χ1) is 14.0. The summed E-state index contributed by atoms with van der Waals surface area (Å²) >= 11 is 5.96. The highest BCUT2D eigenvalue weighted by Crippen LogP contribution is 2.43. The molecule has 4 rings (SSSR count). The standard InChI is InChI=1S/C23H17ClFNO3/c24-16-9-5-14(6-10-16)13-26-21(15-7-11-17(25)12-8-15)20(23(28)29)18-3-1-2-4-19(18)22(26)27/h1-12,20-21H,13H2,(H,28,29)/t20-,21+/m0/s1. The van der Waals surface area contributed by atoms with Crippen molar-refractivity contribution in [1.29, 1.82) is 0 Å². The summed E-state index contributed by atoms with van der Waals surface area (Å²) in [6.07, 6.45) is 0. The van der Waals surface area contributed by atoms with Gasteiger partial charge in [-0.15, -0.1) is 0 Å². The molecule has 0 saturated carbocycles. The zero-order chi connectivity index (χ0) is 20.5. The number of carbonyl (C=O) groups excluding carboxylic acids is 1. The van der Waals surface area contributed by atoms with Crippen LogP contribution in [0.3, 0.4) is 0 Å². The molecular formula is C23H17ClFNO3. The van der Waals surface area contributed by atoms with E-state index in [-0.39, 0.29) is 12.5 Å². The van der Waals surface area contributed by atoms with Crippen molar-refractivity contribution in [3.63, 3.8) is 0 Å². The van der Waals surface area contributed by atoms with Crippen LogP contribution in [0.15, 0.2) is 72.8 Å². The topological polar surface area (TPSA) is 57.6 Å². The second-order valence-electron chi connectivity index (χ2n) is 6.96. The molecule has 146 valence electrons. The minimum atomic E-state index is -1.04. The number of nitrogens with zero attached hydrogens (tertiary/aromatic N) is 1. The SMILES string of the molecule is O=C(O)[C@H]1c2ccccc2C(=O)N(Cc2ccc(Cl)cc2)[C@@H]1c1ccc(F)cc1. The maximum absolute atomic E-state index is 13.5. The van der Waals surface area contributed by atoms with E-state index in [0.717, 1.165) is 5.56 Å². The predicted octanol–water partition coefficient (Wildman–Crippen LogP) is 5.04. The van der Waals surface area contributed by atoms with Crippen LogP contribution in [0.2, 0.25) is 5.02 Å². The molecule has 0 aromatic heterocycles. The lowest BCUT2D eigenvalue weighted by Crippen LogP contribution is -2.44. The number of halogens is 2. The number of rotatable bonds is 4. The Bertz CT molecular complexity index is 1070. The molecule has 0 bridgehead atoms. The number of carboxylic acid groups (broad SMARTS) is 1. The van der Waals surface area contributed by atoms with E-state index in [1.54, 1.807) is 48.5 Å². The van der Waals surface area contributed by atoms with Crippen LogP contribution < -0.4 is 0 Å². The van der Waals surface area contributed by atoms with Crippen molar-refractivity contribution in [1.82, 2.24) is 4.90 Å². The maximum Gasteiger partial charge on any atom is 0.313 e. The van der Waals surface area contributed by atoms with Crippen LogP contribution in [0.5, 0.6) is 0 Å². The van der Waals surface area contributed by atoms with Crippen LogP contribution in [0, 0.1) is 5.82 Å². The van der Waals surface area contributed by atoms with Crippen LogP contribution in [-0.4, -0.2) is 21.9 Å². The Labute approximate surface area is 172 Å². The fourth-order valence-corrected chi connectivity index (χ4v) is 3.98. The Morgan fingerprint density at radius 1 is 1.00 bits per heavy atom. The first kappa shape index (κ1) is 19.2. The van der Waals surface area contributed by atoms with Crippen molar-refractivity contribution >= 4 is 23.5 Å². The summed E-state index contributed by atoms with van der Waals surface area (Å²) in [6.45, 7) is 0.205. The number of aliphatic carboxylic acids is 1. The van der Waals surface area contributed by atoms with E-state index in [1.165, 1.54) is 29.2 Å². The third-order valence-corrected chi connectivity index (χ3v) is 5.43. The zero-order valence-electron chi connectivity index (χ0n) is 15.3. The van der Waals surface area contributed by atoms with Gasteiger partial charge in [-0.25, -0.2) is 4.39 Å². The van der Waals surface area contributed by atoms with E-state index < -0.39 is 23.7 Å². The van der Waals surface area contributed by atoms with Crippen LogP contribution in [0.1, 0.15) is 39.0 Å². The van der Waals surface area contributed by atoms with Crippen molar-refractivity contribution in [2.24, 2.45) is 0 Å². The van der Waals surface area contributed by atoms with Crippen molar-refractivity contribution in [3.8, 4) is 0 Å². The van der Waals surface area contributed by atoms with E-state index in [1.807, 2.05) is 0 Å². The number of carboxylic acids is 1. The minimum Gasteiger partial charge on any atom is -0.481 e. The molecule has 4 nitrogen and oxygen atoms in total. The number of hydrogen-bond donors (Lipinski definition) is 1. The molecule has 6 heteroatoms. The summed E-state index contributed by atoms with van der Waals surface area (Å²) in [7, 11) is 0. The fraction of sp³-hybridized carbons (Fsp3) is 0.130. The van der Waals surface area contributed by atoms with Gasteiger partial charge in [0.25, 0.3) is 5.91 Å². The van der Waals surface area contributed by atoms with Gasteiger partial charge in [0.05, 0.1) is 6.04 Å². The summed E-state index contributed by atoms with van der Waals surface area (Å²) in [4.78, 5) is 27.2. The molecule has 1 heterocycles. The highest BCUT2D eigenvalue weighted by Gasteiger charge is 2.44. The molecule has 0 unspecified atom stereocenters. The summed E-state index contributed by atoms with van der Waals surface area (Å²) in [5.74, 6) is -2.70. The average Bonchev–Trinajstić information content (AvgIpc) is 2.72. The Hall–Kier alpha value is -3.18. The number of fused-ring (bicyclic) bond motifs is 1. The Morgan fingerprint density at radius 2 is 1.66 bits per heavy atom. The predicted molar refractivity (Wildman–Crippen MR) is 107 cm³/mol. The third kappa shape index (κ3) is 3.61. The second kappa shape index (κ2) is 7.68. The second-order valence-corrected chi connectivity index (χ2v) is 7.40. The molecule has 0 fully saturated rings. The summed E-state index contributed by atoms with van der Waals surface area (Å²) in [5.41, 5.74) is 2.22. The van der Waals surface area contributed by atoms with Crippen LogP contribution in [0.25, 0.3) is 0 Å². The minimum absolute atomic E-state index is 0.205. The normalized spacial score (nSPS) is 18.4. The van der Waals surface area contributed by atoms with E-state index in [0.29, 0.717) is 21.7 Å². The molecule has 2 atom stereocenters. The van der Waals surface area contributed by atoms with Crippen molar-refractivity contribution in [2.45, 2.75) is 18.5 Å². The smallest absolute Gasteiger partial charge is 0.313 e. The molecular weight excluding hydrogens is 393 g/mol. The van der Waals surface area contributed by atoms with Crippen LogP contribution >= 0.6 is 11.6 Å². The highest BCUT2D eigenvalue weighted by molar-refractivity contribution is 6.30. The van der Waals surface area contributed by atoms with Gasteiger partial charge in [0.15, 0.2) is 0 Å². The van der Waals surface area contributed by atoms with Gasteiger partial charge in [0.2, 0.25) is 0 Å². The maximum atomic E-state index is 13.5. The van der Waals surface area contributed by atoms with E-state index in [2.05, 4.69) is 0 Å². The van der Waals surface area contributed by atoms with Gasteiger partial charge in [0, 0.05) is 17.1 Å². The molecule has 3 aromatic rings. The Morgan fingerprint density at radius 3 is 2.31 bits per heavy atom. The van der Waals surface area contributed by atoms with Gasteiger partial charge in [-0.05, 0) is 47.0 Å². The lowest BCUT2D eigenvalue weighted by atomic mass is 9.79. The van der Waals surface area contributed by atoms with E-state index in [4.69, 9.17) is 11.6 Å². The molecule has 0 aliphatic carbocycles. The van der Waals surface area contributed by atoms with Gasteiger partial charge in [-0.3, -0.25) is 9.59 Å². The first-order valence-corrected chi connectivity index (χ1v) is 9.46. The molecule has 0 spiro atoms. The van der Waals surface area contributed by atoms with Crippen LogP contribution in [0.4, 0.5) is 4.39 Å². The van der Waals surface area contributed by atoms with Crippen molar-refractivity contribution in [2.75, 3.05) is 0 Å². The van der Waals surface area contributed by atoms with Crippen molar-refractivity contribution in [3.05, 3.63) is 106 Å².